The summed E-state index contributed by atoms with van der Waals surface area (Å²) in [5, 5.41) is 9.12. The van der Waals surface area contributed by atoms with Crippen molar-refractivity contribution in [1.82, 2.24) is 0 Å². The Labute approximate surface area is 93.1 Å². The summed E-state index contributed by atoms with van der Waals surface area (Å²) in [6, 6.07) is 8.65. The van der Waals surface area contributed by atoms with Gasteiger partial charge in [-0.2, -0.15) is 0 Å². The van der Waals surface area contributed by atoms with Crippen LogP contribution in [0.25, 0.3) is 0 Å². The highest BCUT2D eigenvalue weighted by Gasteiger charge is 2.25. The van der Waals surface area contributed by atoms with Crippen molar-refractivity contribution in [3.05, 3.63) is 35.4 Å². The Bertz CT molecular complexity index is 292. The predicted octanol–water partition coefficient (Wildman–Crippen LogP) is 3.51. The van der Waals surface area contributed by atoms with Gasteiger partial charge in [0, 0.05) is 6.61 Å². The van der Waals surface area contributed by atoms with Gasteiger partial charge in [-0.3, -0.25) is 0 Å². The molecular weight excluding hydrogens is 184 g/mol. The van der Waals surface area contributed by atoms with Gasteiger partial charge in [0.15, 0.2) is 0 Å². The Morgan fingerprint density at radius 3 is 2.07 bits per heavy atom. The SMILES string of the molecule is Cc1ccc(C(CCO)C(C)(C)C)cc1. The molecule has 0 aliphatic heterocycles. The van der Waals surface area contributed by atoms with Crippen LogP contribution in [0.3, 0.4) is 0 Å². The van der Waals surface area contributed by atoms with E-state index in [-0.39, 0.29) is 12.0 Å². The quantitative estimate of drug-likeness (QED) is 0.802. The van der Waals surface area contributed by atoms with Gasteiger partial charge in [0.05, 0.1) is 0 Å². The van der Waals surface area contributed by atoms with E-state index in [1.54, 1.807) is 0 Å². The van der Waals surface area contributed by atoms with Crippen molar-refractivity contribution < 1.29 is 5.11 Å². The maximum atomic E-state index is 9.12. The molecule has 0 saturated carbocycles. The van der Waals surface area contributed by atoms with Gasteiger partial charge in [-0.25, -0.2) is 0 Å². The van der Waals surface area contributed by atoms with E-state index < -0.39 is 0 Å². The molecule has 1 aromatic carbocycles. The van der Waals surface area contributed by atoms with Gasteiger partial charge in [-0.15, -0.1) is 0 Å². The number of aryl methyl sites for hydroxylation is 1. The van der Waals surface area contributed by atoms with Gasteiger partial charge in [-0.05, 0) is 30.2 Å². The number of aliphatic hydroxyl groups excluding tert-OH is 1. The molecule has 0 aromatic heterocycles. The normalized spacial score (nSPS) is 13.9. The molecule has 0 heterocycles. The number of aliphatic hydroxyl groups is 1. The molecule has 1 aromatic rings. The lowest BCUT2D eigenvalue weighted by molar-refractivity contribution is 0.223. The first kappa shape index (κ1) is 12.3. The Kier molecular flexibility index (Phi) is 3.92. The monoisotopic (exact) mass is 206 g/mol. The van der Waals surface area contributed by atoms with Crippen molar-refractivity contribution in [2.75, 3.05) is 6.61 Å². The van der Waals surface area contributed by atoms with Crippen LogP contribution in [0, 0.1) is 12.3 Å². The van der Waals surface area contributed by atoms with E-state index in [0.717, 1.165) is 6.42 Å². The van der Waals surface area contributed by atoms with Gasteiger partial charge >= 0.3 is 0 Å². The van der Waals surface area contributed by atoms with Crippen molar-refractivity contribution in [2.24, 2.45) is 5.41 Å². The van der Waals surface area contributed by atoms with Crippen LogP contribution in [0.4, 0.5) is 0 Å². The average Bonchev–Trinajstić information content (AvgIpc) is 2.14. The van der Waals surface area contributed by atoms with Crippen molar-refractivity contribution in [3.63, 3.8) is 0 Å². The second-order valence-corrected chi connectivity index (χ2v) is 5.34. The molecule has 1 rings (SSSR count). The summed E-state index contributed by atoms with van der Waals surface area (Å²) in [5.41, 5.74) is 2.83. The van der Waals surface area contributed by atoms with Gasteiger partial charge in [-0.1, -0.05) is 50.6 Å². The summed E-state index contributed by atoms with van der Waals surface area (Å²) in [5.74, 6) is 0.433. The zero-order valence-electron chi connectivity index (χ0n) is 10.2. The number of rotatable bonds is 3. The molecule has 0 bridgehead atoms. The summed E-state index contributed by atoms with van der Waals surface area (Å²) in [6.45, 7) is 9.05. The van der Waals surface area contributed by atoms with E-state index in [4.69, 9.17) is 5.11 Å². The van der Waals surface area contributed by atoms with E-state index in [1.807, 2.05) is 0 Å². The van der Waals surface area contributed by atoms with E-state index >= 15 is 0 Å². The molecule has 1 N–H and O–H groups in total. The first-order valence-corrected chi connectivity index (χ1v) is 5.62. The van der Waals surface area contributed by atoms with E-state index in [1.165, 1.54) is 11.1 Å². The molecule has 0 aliphatic carbocycles. The van der Waals surface area contributed by atoms with Gasteiger partial charge in [0.25, 0.3) is 0 Å². The molecule has 0 spiro atoms. The highest BCUT2D eigenvalue weighted by molar-refractivity contribution is 5.25. The molecule has 0 amide bonds. The smallest absolute Gasteiger partial charge is 0.0437 e. The van der Waals surface area contributed by atoms with E-state index in [2.05, 4.69) is 52.0 Å². The molecule has 1 atom stereocenters. The Balaban J connectivity index is 2.94. The number of hydrogen-bond acceptors (Lipinski definition) is 1. The summed E-state index contributed by atoms with van der Waals surface area (Å²) in [6.07, 6.45) is 0.840. The molecule has 0 saturated heterocycles. The maximum absolute atomic E-state index is 9.12. The fourth-order valence-electron chi connectivity index (χ4n) is 2.03. The van der Waals surface area contributed by atoms with Gasteiger partial charge in [0.1, 0.15) is 0 Å². The lowest BCUT2D eigenvalue weighted by Gasteiger charge is -2.30. The number of hydrogen-bond donors (Lipinski definition) is 1. The zero-order valence-corrected chi connectivity index (χ0v) is 10.2. The Hall–Kier alpha value is -0.820. The molecule has 1 unspecified atom stereocenters. The van der Waals surface area contributed by atoms with Crippen molar-refractivity contribution in [2.45, 2.75) is 40.0 Å². The molecule has 0 aliphatic rings. The summed E-state index contributed by atoms with van der Waals surface area (Å²) in [4.78, 5) is 0. The lowest BCUT2D eigenvalue weighted by atomic mass is 9.75. The highest BCUT2D eigenvalue weighted by Crippen LogP contribution is 2.37. The molecule has 84 valence electrons. The minimum atomic E-state index is 0.206. The molecule has 0 fully saturated rings. The fourth-order valence-corrected chi connectivity index (χ4v) is 2.03. The largest absolute Gasteiger partial charge is 0.396 e. The average molecular weight is 206 g/mol. The van der Waals surface area contributed by atoms with Gasteiger partial charge < -0.3 is 5.11 Å². The van der Waals surface area contributed by atoms with Crippen LogP contribution in [0.2, 0.25) is 0 Å². The Morgan fingerprint density at radius 2 is 1.67 bits per heavy atom. The Morgan fingerprint density at radius 1 is 1.13 bits per heavy atom. The fraction of sp³-hybridized carbons (Fsp3) is 0.571. The second kappa shape index (κ2) is 4.80. The molecule has 0 radical (unpaired) electrons. The summed E-state index contributed by atoms with van der Waals surface area (Å²) in [7, 11) is 0. The van der Waals surface area contributed by atoms with Crippen LogP contribution in [-0.2, 0) is 0 Å². The highest BCUT2D eigenvalue weighted by atomic mass is 16.3. The van der Waals surface area contributed by atoms with Crippen LogP contribution < -0.4 is 0 Å². The third-order valence-electron chi connectivity index (χ3n) is 2.94. The first-order chi connectivity index (χ1) is 6.95. The minimum absolute atomic E-state index is 0.206. The predicted molar refractivity (Wildman–Crippen MR) is 65.1 cm³/mol. The topological polar surface area (TPSA) is 20.2 Å². The first-order valence-electron chi connectivity index (χ1n) is 5.62. The molecular formula is C14H22O. The lowest BCUT2D eigenvalue weighted by Crippen LogP contribution is -2.19. The standard InChI is InChI=1S/C14H22O/c1-11-5-7-12(8-6-11)13(9-10-15)14(2,3)4/h5-8,13,15H,9-10H2,1-4H3. The molecule has 1 heteroatoms. The second-order valence-electron chi connectivity index (χ2n) is 5.34. The van der Waals surface area contributed by atoms with Crippen LogP contribution in [-0.4, -0.2) is 11.7 Å². The summed E-state index contributed by atoms with van der Waals surface area (Å²) >= 11 is 0. The van der Waals surface area contributed by atoms with E-state index in [9.17, 15) is 0 Å². The zero-order chi connectivity index (χ0) is 11.5. The van der Waals surface area contributed by atoms with Crippen LogP contribution in [0.5, 0.6) is 0 Å². The molecule has 15 heavy (non-hydrogen) atoms. The van der Waals surface area contributed by atoms with E-state index in [0.29, 0.717) is 5.92 Å². The van der Waals surface area contributed by atoms with Crippen LogP contribution in [0.1, 0.15) is 44.2 Å². The van der Waals surface area contributed by atoms with Crippen molar-refractivity contribution in [1.29, 1.82) is 0 Å². The minimum Gasteiger partial charge on any atom is -0.396 e. The number of benzene rings is 1. The summed E-state index contributed by atoms with van der Waals surface area (Å²) < 4.78 is 0. The van der Waals surface area contributed by atoms with Crippen LogP contribution >= 0.6 is 0 Å². The molecule has 1 nitrogen and oxygen atoms in total. The van der Waals surface area contributed by atoms with Crippen molar-refractivity contribution >= 4 is 0 Å². The maximum Gasteiger partial charge on any atom is 0.0437 e. The van der Waals surface area contributed by atoms with Crippen molar-refractivity contribution in [3.8, 4) is 0 Å². The van der Waals surface area contributed by atoms with Gasteiger partial charge in [0.2, 0.25) is 0 Å². The van der Waals surface area contributed by atoms with Crippen LogP contribution in [0.15, 0.2) is 24.3 Å². The third kappa shape index (κ3) is 3.35. The third-order valence-corrected chi connectivity index (χ3v) is 2.94.